The van der Waals surface area contributed by atoms with Gasteiger partial charge in [-0.05, 0) is 44.7 Å². The molecule has 0 saturated carbocycles. The van der Waals surface area contributed by atoms with Crippen molar-refractivity contribution in [2.24, 2.45) is 0 Å². The Morgan fingerprint density at radius 2 is 2.00 bits per heavy atom. The first-order valence-corrected chi connectivity index (χ1v) is 10.8. The number of hydrogen-bond acceptors (Lipinski definition) is 5. The van der Waals surface area contributed by atoms with Crippen molar-refractivity contribution in [1.82, 2.24) is 15.5 Å². The van der Waals surface area contributed by atoms with Gasteiger partial charge in [0.15, 0.2) is 0 Å². The molecule has 1 aliphatic carbocycles. The Bertz CT molecular complexity index is 985. The van der Waals surface area contributed by atoms with E-state index < -0.39 is 0 Å². The quantitative estimate of drug-likeness (QED) is 0.592. The highest BCUT2D eigenvalue weighted by Crippen LogP contribution is 2.36. The summed E-state index contributed by atoms with van der Waals surface area (Å²) in [7, 11) is 0. The normalized spacial score (nSPS) is 13.4. The molecule has 1 aromatic carbocycles. The molecule has 3 aromatic rings. The van der Waals surface area contributed by atoms with Gasteiger partial charge < -0.3 is 9.84 Å². The molecule has 1 aliphatic rings. The van der Waals surface area contributed by atoms with Crippen LogP contribution in [0.4, 0.5) is 0 Å². The molecule has 0 unspecified atom stereocenters. The number of rotatable bonds is 5. The van der Waals surface area contributed by atoms with Crippen LogP contribution in [0, 0.1) is 6.92 Å². The van der Waals surface area contributed by atoms with Gasteiger partial charge in [-0.25, -0.2) is 4.98 Å². The summed E-state index contributed by atoms with van der Waals surface area (Å²) >= 11 is 14.3. The van der Waals surface area contributed by atoms with E-state index in [1.54, 1.807) is 36.5 Å². The molecule has 8 heteroatoms. The third kappa shape index (κ3) is 3.81. The first-order chi connectivity index (χ1) is 13.5. The Morgan fingerprint density at radius 3 is 2.75 bits per heavy atom. The Balaban J connectivity index is 1.48. The number of carbonyl (C=O) groups is 1. The van der Waals surface area contributed by atoms with E-state index in [1.807, 2.05) is 0 Å². The molecule has 2 heterocycles. The van der Waals surface area contributed by atoms with Crippen molar-refractivity contribution in [3.05, 3.63) is 55.1 Å². The number of hydrogen-bond donors (Lipinski definition) is 1. The Kier molecular flexibility index (Phi) is 5.71. The topological polar surface area (TPSA) is 68.0 Å². The van der Waals surface area contributed by atoms with Crippen LogP contribution in [0.5, 0.6) is 0 Å². The van der Waals surface area contributed by atoms with Gasteiger partial charge in [0.25, 0.3) is 5.91 Å². The Labute approximate surface area is 177 Å². The lowest BCUT2D eigenvalue weighted by Crippen LogP contribution is -2.26. The van der Waals surface area contributed by atoms with Crippen molar-refractivity contribution in [3.63, 3.8) is 0 Å². The lowest BCUT2D eigenvalue weighted by atomic mass is 10.0. The second kappa shape index (κ2) is 8.23. The fraction of sp³-hybridized carbons (Fsp3) is 0.350. The van der Waals surface area contributed by atoms with Gasteiger partial charge in [-0.2, -0.15) is 0 Å². The number of fused-ring (bicyclic) bond motifs is 1. The first kappa shape index (κ1) is 19.4. The molecule has 146 valence electrons. The molecule has 5 nitrogen and oxygen atoms in total. The van der Waals surface area contributed by atoms with Gasteiger partial charge in [0, 0.05) is 23.4 Å². The molecule has 2 aromatic heterocycles. The number of thiazole rings is 1. The van der Waals surface area contributed by atoms with Gasteiger partial charge in [-0.3, -0.25) is 4.79 Å². The maximum absolute atomic E-state index is 12.8. The molecule has 0 saturated heterocycles. The largest absolute Gasteiger partial charge is 0.360 e. The van der Waals surface area contributed by atoms with Crippen molar-refractivity contribution in [2.45, 2.75) is 39.0 Å². The smallest absolute Gasteiger partial charge is 0.257 e. The van der Waals surface area contributed by atoms with E-state index >= 15 is 0 Å². The maximum atomic E-state index is 12.8. The van der Waals surface area contributed by atoms with Crippen LogP contribution in [0.25, 0.3) is 11.3 Å². The number of carbonyl (C=O) groups excluding carboxylic acids is 1. The van der Waals surface area contributed by atoms with Crippen LogP contribution in [0.1, 0.15) is 44.5 Å². The van der Waals surface area contributed by atoms with E-state index in [1.165, 1.54) is 23.4 Å². The molecular weight excluding hydrogens is 417 g/mol. The summed E-state index contributed by atoms with van der Waals surface area (Å²) in [6.45, 7) is 2.19. The van der Waals surface area contributed by atoms with Crippen molar-refractivity contribution < 1.29 is 9.32 Å². The van der Waals surface area contributed by atoms with Gasteiger partial charge in [0.1, 0.15) is 17.0 Å². The molecule has 1 amide bonds. The first-order valence-electron chi connectivity index (χ1n) is 9.21. The Hall–Kier alpha value is -1.89. The molecular formula is C20H19Cl2N3O2S. The number of aryl methyl sites for hydroxylation is 3. The fourth-order valence-corrected chi connectivity index (χ4v) is 5.15. The molecule has 0 radical (unpaired) electrons. The zero-order valence-corrected chi connectivity index (χ0v) is 17.7. The number of benzene rings is 1. The number of amides is 1. The monoisotopic (exact) mass is 435 g/mol. The standard InChI is InChI=1S/C20H19Cl2N3O2S/c1-11-17(19(25-27-11)18-12(21)5-4-6-13(18)22)20(26)23-10-9-16-24-14-7-2-3-8-15(14)28-16/h4-6H,2-3,7-10H2,1H3,(H,23,26). The maximum Gasteiger partial charge on any atom is 0.257 e. The Morgan fingerprint density at radius 1 is 1.25 bits per heavy atom. The number of nitrogens with zero attached hydrogens (tertiary/aromatic N) is 2. The van der Waals surface area contributed by atoms with E-state index in [0.29, 0.717) is 45.6 Å². The number of aromatic nitrogens is 2. The summed E-state index contributed by atoms with van der Waals surface area (Å²) < 4.78 is 5.26. The van der Waals surface area contributed by atoms with Gasteiger partial charge in [-0.1, -0.05) is 34.4 Å². The average molecular weight is 436 g/mol. The molecule has 0 atom stereocenters. The second-order valence-electron chi connectivity index (χ2n) is 6.75. The molecule has 28 heavy (non-hydrogen) atoms. The summed E-state index contributed by atoms with van der Waals surface area (Å²) in [4.78, 5) is 18.9. The minimum atomic E-state index is -0.258. The van der Waals surface area contributed by atoms with E-state index in [4.69, 9.17) is 32.7 Å². The van der Waals surface area contributed by atoms with Crippen molar-refractivity contribution in [1.29, 1.82) is 0 Å². The molecule has 1 N–H and O–H groups in total. The average Bonchev–Trinajstić information content (AvgIpc) is 3.24. The summed E-state index contributed by atoms with van der Waals surface area (Å²) in [6, 6.07) is 5.16. The van der Waals surface area contributed by atoms with Crippen LogP contribution in [0.3, 0.4) is 0 Å². The highest BCUT2D eigenvalue weighted by atomic mass is 35.5. The number of halogens is 2. The minimum absolute atomic E-state index is 0.258. The van der Waals surface area contributed by atoms with E-state index in [9.17, 15) is 4.79 Å². The van der Waals surface area contributed by atoms with Crippen LogP contribution >= 0.6 is 34.5 Å². The predicted molar refractivity (Wildman–Crippen MR) is 111 cm³/mol. The van der Waals surface area contributed by atoms with Crippen molar-refractivity contribution >= 4 is 40.4 Å². The number of nitrogens with one attached hydrogen (secondary N) is 1. The lowest BCUT2D eigenvalue weighted by Gasteiger charge is -2.07. The zero-order valence-electron chi connectivity index (χ0n) is 15.3. The predicted octanol–water partition coefficient (Wildman–Crippen LogP) is 5.26. The van der Waals surface area contributed by atoms with Crippen LogP contribution < -0.4 is 5.32 Å². The SMILES string of the molecule is Cc1onc(-c2c(Cl)cccc2Cl)c1C(=O)NCCc1nc2c(s1)CCCC2. The summed E-state index contributed by atoms with van der Waals surface area (Å²) in [6.07, 6.45) is 5.36. The van der Waals surface area contributed by atoms with Gasteiger partial charge in [-0.15, -0.1) is 11.3 Å². The van der Waals surface area contributed by atoms with Gasteiger partial charge in [0.05, 0.1) is 20.7 Å². The molecule has 0 aliphatic heterocycles. The fourth-order valence-electron chi connectivity index (χ4n) is 3.42. The van der Waals surface area contributed by atoms with Crippen LogP contribution in [-0.2, 0) is 19.3 Å². The summed E-state index contributed by atoms with van der Waals surface area (Å²) in [5, 5.41) is 8.88. The minimum Gasteiger partial charge on any atom is -0.360 e. The van der Waals surface area contributed by atoms with E-state index in [-0.39, 0.29) is 5.91 Å². The zero-order chi connectivity index (χ0) is 19.7. The van der Waals surface area contributed by atoms with Crippen LogP contribution in [0.2, 0.25) is 10.0 Å². The van der Waals surface area contributed by atoms with Crippen molar-refractivity contribution in [2.75, 3.05) is 6.54 Å². The lowest BCUT2D eigenvalue weighted by molar-refractivity contribution is 0.0953. The summed E-state index contributed by atoms with van der Waals surface area (Å²) in [5.74, 6) is 0.166. The van der Waals surface area contributed by atoms with Gasteiger partial charge >= 0.3 is 0 Å². The summed E-state index contributed by atoms with van der Waals surface area (Å²) in [5.41, 5.74) is 2.45. The molecule has 0 spiro atoms. The molecule has 0 fully saturated rings. The van der Waals surface area contributed by atoms with E-state index in [2.05, 4.69) is 10.5 Å². The van der Waals surface area contributed by atoms with Crippen LogP contribution in [-0.4, -0.2) is 22.6 Å². The van der Waals surface area contributed by atoms with E-state index in [0.717, 1.165) is 17.8 Å². The van der Waals surface area contributed by atoms with Crippen LogP contribution in [0.15, 0.2) is 22.7 Å². The molecule has 4 rings (SSSR count). The highest BCUT2D eigenvalue weighted by molar-refractivity contribution is 7.11. The van der Waals surface area contributed by atoms with Crippen molar-refractivity contribution in [3.8, 4) is 11.3 Å². The third-order valence-corrected chi connectivity index (χ3v) is 6.65. The third-order valence-electron chi connectivity index (χ3n) is 4.80. The molecule has 0 bridgehead atoms. The van der Waals surface area contributed by atoms with Gasteiger partial charge in [0.2, 0.25) is 0 Å². The highest BCUT2D eigenvalue weighted by Gasteiger charge is 2.24. The second-order valence-corrected chi connectivity index (χ2v) is 8.73.